The molecule has 0 amide bonds. The number of nitrogen functional groups attached to an aromatic ring is 1. The molecule has 0 aliphatic rings. The largest absolute Gasteiger partial charge is 0.440 e. The van der Waals surface area contributed by atoms with Crippen molar-refractivity contribution in [3.8, 4) is 0 Å². The fourth-order valence-electron chi connectivity index (χ4n) is 1.33. The summed E-state index contributed by atoms with van der Waals surface area (Å²) >= 11 is 1.18. The third-order valence-corrected chi connectivity index (χ3v) is 5.13. The van der Waals surface area contributed by atoms with Gasteiger partial charge in [0.05, 0.1) is 11.1 Å². The molecule has 0 unspecified atom stereocenters. The van der Waals surface area contributed by atoms with Crippen LogP contribution in [-0.2, 0) is 10.0 Å². The maximum atomic E-state index is 12.0. The second-order valence-corrected chi connectivity index (χ2v) is 7.03. The fourth-order valence-corrected chi connectivity index (χ4v) is 3.11. The zero-order valence-corrected chi connectivity index (χ0v) is 12.0. The van der Waals surface area contributed by atoms with Crippen LogP contribution in [-0.4, -0.2) is 31.8 Å². The lowest BCUT2D eigenvalue weighted by Gasteiger charge is -2.12. The molecular formula is C11H13N3O3S2. The minimum absolute atomic E-state index is 0.181. The van der Waals surface area contributed by atoms with Crippen molar-refractivity contribution in [2.75, 3.05) is 19.8 Å². The number of hydrogen-bond acceptors (Lipinski definition) is 6. The van der Waals surface area contributed by atoms with Crippen LogP contribution in [0.4, 0.5) is 5.69 Å². The lowest BCUT2D eigenvalue weighted by Crippen LogP contribution is -2.22. The Bertz CT molecular complexity index is 666. The molecule has 0 saturated carbocycles. The normalized spacial score (nSPS) is 11.9. The third kappa shape index (κ3) is 2.91. The van der Waals surface area contributed by atoms with Crippen LogP contribution < -0.4 is 5.73 Å². The van der Waals surface area contributed by atoms with Crippen molar-refractivity contribution in [2.24, 2.45) is 0 Å². The van der Waals surface area contributed by atoms with Crippen molar-refractivity contribution in [1.82, 2.24) is 9.29 Å². The highest BCUT2D eigenvalue weighted by molar-refractivity contribution is 7.99. The second kappa shape index (κ2) is 5.24. The quantitative estimate of drug-likeness (QED) is 0.864. The zero-order chi connectivity index (χ0) is 14.0. The average Bonchev–Trinajstić information content (AvgIpc) is 2.84. The summed E-state index contributed by atoms with van der Waals surface area (Å²) in [7, 11) is -0.524. The van der Waals surface area contributed by atoms with Crippen LogP contribution in [0.25, 0.3) is 0 Å². The standard InChI is InChI=1S/C11H13N3O3S2/c1-14(2)19(15,16)8-3-4-9(12)10(7-8)18-11-13-5-6-17-11/h3-7H,12H2,1-2H3. The lowest BCUT2D eigenvalue weighted by molar-refractivity contribution is 0.454. The molecule has 1 aromatic heterocycles. The molecule has 0 radical (unpaired) electrons. The summed E-state index contributed by atoms with van der Waals surface area (Å²) < 4.78 is 30.3. The number of oxazole rings is 1. The van der Waals surface area contributed by atoms with Gasteiger partial charge in [-0.15, -0.1) is 0 Å². The monoisotopic (exact) mass is 299 g/mol. The van der Waals surface area contributed by atoms with Gasteiger partial charge in [0, 0.05) is 24.7 Å². The fraction of sp³-hybridized carbons (Fsp3) is 0.182. The molecule has 2 N–H and O–H groups in total. The summed E-state index contributed by atoms with van der Waals surface area (Å²) in [5, 5.41) is 0.408. The molecule has 0 saturated heterocycles. The molecule has 8 heteroatoms. The third-order valence-electron chi connectivity index (χ3n) is 2.37. The van der Waals surface area contributed by atoms with E-state index in [9.17, 15) is 8.42 Å². The van der Waals surface area contributed by atoms with E-state index >= 15 is 0 Å². The summed E-state index contributed by atoms with van der Waals surface area (Å²) in [6.07, 6.45) is 2.96. The van der Waals surface area contributed by atoms with Crippen LogP contribution in [0.15, 0.2) is 50.1 Å². The summed E-state index contributed by atoms with van der Waals surface area (Å²) in [5.41, 5.74) is 6.30. The van der Waals surface area contributed by atoms with Gasteiger partial charge < -0.3 is 10.2 Å². The first-order chi connectivity index (χ1) is 8.91. The van der Waals surface area contributed by atoms with E-state index in [0.717, 1.165) is 4.31 Å². The molecule has 0 fully saturated rings. The van der Waals surface area contributed by atoms with Crippen LogP contribution in [0.5, 0.6) is 0 Å². The molecule has 2 rings (SSSR count). The van der Waals surface area contributed by atoms with E-state index in [1.54, 1.807) is 6.07 Å². The van der Waals surface area contributed by atoms with Gasteiger partial charge in [-0.1, -0.05) is 0 Å². The van der Waals surface area contributed by atoms with Crippen molar-refractivity contribution < 1.29 is 12.8 Å². The zero-order valence-electron chi connectivity index (χ0n) is 10.4. The number of rotatable bonds is 4. The number of nitrogens with two attached hydrogens (primary N) is 1. The molecule has 102 valence electrons. The summed E-state index contributed by atoms with van der Waals surface area (Å²) in [6, 6.07) is 4.55. The van der Waals surface area contributed by atoms with Crippen LogP contribution >= 0.6 is 11.8 Å². The number of anilines is 1. The van der Waals surface area contributed by atoms with Crippen molar-refractivity contribution in [3.63, 3.8) is 0 Å². The minimum Gasteiger partial charge on any atom is -0.440 e. The van der Waals surface area contributed by atoms with Crippen molar-refractivity contribution >= 4 is 27.5 Å². The predicted octanol–water partition coefficient (Wildman–Crippen LogP) is 1.66. The smallest absolute Gasteiger partial charge is 0.260 e. The molecule has 0 aliphatic carbocycles. The predicted molar refractivity (Wildman–Crippen MR) is 72.4 cm³/mol. The summed E-state index contributed by atoms with van der Waals surface area (Å²) in [6.45, 7) is 0. The van der Waals surface area contributed by atoms with Crippen LogP contribution in [0.1, 0.15) is 0 Å². The topological polar surface area (TPSA) is 89.4 Å². The number of aromatic nitrogens is 1. The number of nitrogens with zero attached hydrogens (tertiary/aromatic N) is 2. The molecule has 6 nitrogen and oxygen atoms in total. The van der Waals surface area contributed by atoms with Gasteiger partial charge in [0.2, 0.25) is 10.0 Å². The molecule has 0 spiro atoms. The lowest BCUT2D eigenvalue weighted by atomic mass is 10.3. The van der Waals surface area contributed by atoms with E-state index in [2.05, 4.69) is 4.98 Å². The Morgan fingerprint density at radius 2 is 2.11 bits per heavy atom. The highest BCUT2D eigenvalue weighted by Gasteiger charge is 2.19. The molecular weight excluding hydrogens is 286 g/mol. The first-order valence-electron chi connectivity index (χ1n) is 5.30. The Morgan fingerprint density at radius 3 is 2.68 bits per heavy atom. The summed E-state index contributed by atoms with van der Waals surface area (Å²) in [4.78, 5) is 4.73. The maximum Gasteiger partial charge on any atom is 0.260 e. The van der Waals surface area contributed by atoms with Gasteiger partial charge >= 0.3 is 0 Å². The van der Waals surface area contributed by atoms with Crippen molar-refractivity contribution in [1.29, 1.82) is 0 Å². The van der Waals surface area contributed by atoms with E-state index in [1.165, 1.54) is 50.4 Å². The van der Waals surface area contributed by atoms with Crippen LogP contribution in [0.2, 0.25) is 0 Å². The average molecular weight is 299 g/mol. The number of benzene rings is 1. The van der Waals surface area contributed by atoms with Crippen LogP contribution in [0, 0.1) is 0 Å². The number of sulfonamides is 1. The highest BCUT2D eigenvalue weighted by atomic mass is 32.2. The van der Waals surface area contributed by atoms with Gasteiger partial charge in [0.1, 0.15) is 6.26 Å². The Hall–Kier alpha value is -1.51. The van der Waals surface area contributed by atoms with Gasteiger partial charge in [0.25, 0.3) is 5.22 Å². The van der Waals surface area contributed by atoms with Crippen LogP contribution in [0.3, 0.4) is 0 Å². The van der Waals surface area contributed by atoms with Gasteiger partial charge in [0.15, 0.2) is 0 Å². The van der Waals surface area contributed by atoms with Crippen molar-refractivity contribution in [3.05, 3.63) is 30.7 Å². The molecule has 19 heavy (non-hydrogen) atoms. The molecule has 0 bridgehead atoms. The summed E-state index contributed by atoms with van der Waals surface area (Å²) in [5.74, 6) is 0. The van der Waals surface area contributed by atoms with E-state index in [0.29, 0.717) is 15.8 Å². The molecule has 2 aromatic rings. The first kappa shape index (κ1) is 13.9. The maximum absolute atomic E-state index is 12.0. The Labute approximate surface area is 115 Å². The van der Waals surface area contributed by atoms with Crippen molar-refractivity contribution in [2.45, 2.75) is 15.0 Å². The number of hydrogen-bond donors (Lipinski definition) is 1. The molecule has 1 aromatic carbocycles. The molecule has 0 aliphatic heterocycles. The highest BCUT2D eigenvalue weighted by Crippen LogP contribution is 2.33. The molecule has 1 heterocycles. The van der Waals surface area contributed by atoms with Gasteiger partial charge in [-0.25, -0.2) is 17.7 Å². The SMILES string of the molecule is CN(C)S(=O)(=O)c1ccc(N)c(Sc2ncco2)c1. The van der Waals surface area contributed by atoms with Gasteiger partial charge in [-0.2, -0.15) is 0 Å². The Morgan fingerprint density at radius 1 is 1.37 bits per heavy atom. The van der Waals surface area contributed by atoms with Gasteiger partial charge in [-0.05, 0) is 30.0 Å². The first-order valence-corrected chi connectivity index (χ1v) is 7.56. The Balaban J connectivity index is 2.40. The second-order valence-electron chi connectivity index (χ2n) is 3.89. The van der Waals surface area contributed by atoms with E-state index < -0.39 is 10.0 Å². The van der Waals surface area contributed by atoms with E-state index in [-0.39, 0.29) is 4.90 Å². The van der Waals surface area contributed by atoms with Gasteiger partial charge in [-0.3, -0.25) is 0 Å². The van der Waals surface area contributed by atoms with E-state index in [1.807, 2.05) is 0 Å². The minimum atomic E-state index is -3.48. The Kier molecular flexibility index (Phi) is 3.83. The molecule has 0 atom stereocenters. The van der Waals surface area contributed by atoms with E-state index in [4.69, 9.17) is 10.2 Å².